The molecule has 8 aromatic rings. The molecule has 0 aliphatic heterocycles. The van der Waals surface area contributed by atoms with Crippen LogP contribution in [0.4, 0.5) is 0 Å². The van der Waals surface area contributed by atoms with Gasteiger partial charge in [0.05, 0.1) is 11.4 Å². The topological polar surface area (TPSA) is 82.5 Å². The van der Waals surface area contributed by atoms with Gasteiger partial charge in [-0.1, -0.05) is 87.2 Å². The molecule has 0 bridgehead atoms. The fourth-order valence-electron chi connectivity index (χ4n) is 5.85. The van der Waals surface area contributed by atoms with Crippen LogP contribution in [-0.2, 0) is 20.1 Å². The van der Waals surface area contributed by atoms with Crippen LogP contribution < -0.4 is 0 Å². The van der Waals surface area contributed by atoms with E-state index in [4.69, 9.17) is 13.5 Å². The maximum atomic E-state index is 7.23. The van der Waals surface area contributed by atoms with Crippen LogP contribution in [0.5, 0.6) is 0 Å². The molecule has 0 aliphatic rings. The fourth-order valence-corrected chi connectivity index (χ4v) is 5.85. The van der Waals surface area contributed by atoms with Gasteiger partial charge in [0.2, 0.25) is 0 Å². The first-order valence-corrected chi connectivity index (χ1v) is 15.6. The van der Waals surface area contributed by atoms with Crippen LogP contribution in [-0.4, -0.2) is 29.7 Å². The molecule has 8 heteroatoms. The van der Waals surface area contributed by atoms with Crippen molar-refractivity contribution in [1.29, 1.82) is 0 Å². The number of aromatic nitrogens is 6. The molecule has 0 amide bonds. The van der Waals surface area contributed by atoms with Gasteiger partial charge in [0, 0.05) is 41.5 Å². The molecule has 4 aromatic carbocycles. The van der Waals surface area contributed by atoms with Crippen molar-refractivity contribution in [3.05, 3.63) is 132 Å². The molecule has 0 saturated heterocycles. The number of furan rings is 1. The van der Waals surface area contributed by atoms with Gasteiger partial charge in [-0.05, 0) is 47.1 Å². The smallest absolute Gasteiger partial charge is 0.197 e. The number of hydrogen-bond donors (Lipinski definition) is 0. The van der Waals surface area contributed by atoms with Gasteiger partial charge in [-0.2, -0.15) is 0 Å². The molecule has 0 fully saturated rings. The zero-order chi connectivity index (χ0) is 35.0. The molecule has 8 rings (SSSR count). The number of aryl methyl sites for hydroxylation is 1. The van der Waals surface area contributed by atoms with Crippen molar-refractivity contribution >= 4 is 33.2 Å². The monoisotopic (exact) mass is 810 g/mol. The molecular weight excluding hydrogens is 773 g/mol. The number of nitrogens with zero attached hydrogens (tertiary/aromatic N) is 6. The molecule has 0 unspecified atom stereocenters. The summed E-state index contributed by atoms with van der Waals surface area (Å²) in [5, 5.41) is 10.7. The number of para-hydroxylation sites is 2. The van der Waals surface area contributed by atoms with Gasteiger partial charge >= 0.3 is 0 Å². The van der Waals surface area contributed by atoms with Gasteiger partial charge in [-0.3, -0.25) is 4.98 Å². The molecule has 0 saturated carbocycles. The first-order chi connectivity index (χ1) is 24.1. The van der Waals surface area contributed by atoms with Gasteiger partial charge in [0.15, 0.2) is 11.3 Å². The minimum absolute atomic E-state index is 0. The van der Waals surface area contributed by atoms with E-state index in [0.29, 0.717) is 29.0 Å². The van der Waals surface area contributed by atoms with Crippen LogP contribution in [0, 0.1) is 19.0 Å². The number of rotatable bonds is 5. The Morgan fingerprint density at radius 2 is 1.58 bits per heavy atom. The third-order valence-electron chi connectivity index (χ3n) is 8.10. The van der Waals surface area contributed by atoms with E-state index in [0.717, 1.165) is 44.4 Å². The normalized spacial score (nSPS) is 12.4. The Morgan fingerprint density at radius 1 is 0.792 bits per heavy atom. The van der Waals surface area contributed by atoms with Crippen LogP contribution >= 0.6 is 0 Å². The number of imidazole rings is 1. The number of fused-ring (bicyclic) bond motifs is 4. The Morgan fingerprint density at radius 3 is 2.29 bits per heavy atom. The molecule has 48 heavy (non-hydrogen) atoms. The van der Waals surface area contributed by atoms with E-state index in [1.54, 1.807) is 18.2 Å². The SMILES string of the molecule is CC(C)c1cccc(C(C)C)c1-n1c(-c2[c-]ccc3c2oc2ccccc23)nc2ncnnc21.[2H]C([2H])([2H])c1ccc(-c2[c-]cccc2)nc1.[Ir]. The molecule has 7 nitrogen and oxygen atoms in total. The third kappa shape index (κ3) is 6.17. The Labute approximate surface area is 297 Å². The van der Waals surface area contributed by atoms with Crippen molar-refractivity contribution in [2.75, 3.05) is 0 Å². The number of benzene rings is 4. The maximum Gasteiger partial charge on any atom is 0.197 e. The number of pyridine rings is 1. The number of hydrogen-bond acceptors (Lipinski definition) is 6. The summed E-state index contributed by atoms with van der Waals surface area (Å²) in [6.45, 7) is 6.73. The molecule has 0 atom stereocenters. The Bertz CT molecular complexity index is 2410. The molecular formula is C40H34IrN6O-2. The van der Waals surface area contributed by atoms with E-state index in [2.05, 4.69) is 88.8 Å². The summed E-state index contributed by atoms with van der Waals surface area (Å²) in [6.07, 6.45) is 2.83. The van der Waals surface area contributed by atoms with E-state index in [9.17, 15) is 0 Å². The largest absolute Gasteiger partial charge is 0.501 e. The third-order valence-corrected chi connectivity index (χ3v) is 8.10. The second-order valence-corrected chi connectivity index (χ2v) is 11.9. The van der Waals surface area contributed by atoms with Crippen molar-refractivity contribution in [3.8, 4) is 28.3 Å². The van der Waals surface area contributed by atoms with Crippen LogP contribution in [0.3, 0.4) is 0 Å². The summed E-state index contributed by atoms with van der Waals surface area (Å²) in [6, 6.07) is 35.7. The van der Waals surface area contributed by atoms with E-state index < -0.39 is 6.85 Å². The van der Waals surface area contributed by atoms with Crippen LogP contribution in [0.15, 0.2) is 108 Å². The van der Waals surface area contributed by atoms with Gasteiger partial charge in [-0.15, -0.1) is 64.3 Å². The predicted molar refractivity (Wildman–Crippen MR) is 187 cm³/mol. The van der Waals surface area contributed by atoms with E-state index in [1.807, 2.05) is 48.5 Å². The average Bonchev–Trinajstić information content (AvgIpc) is 3.70. The van der Waals surface area contributed by atoms with Crippen LogP contribution in [0.25, 0.3) is 61.6 Å². The Hall–Kier alpha value is -5.04. The van der Waals surface area contributed by atoms with Crippen molar-refractivity contribution in [1.82, 2.24) is 29.7 Å². The van der Waals surface area contributed by atoms with Gasteiger partial charge < -0.3 is 14.0 Å². The van der Waals surface area contributed by atoms with E-state index in [1.165, 1.54) is 23.7 Å². The van der Waals surface area contributed by atoms with Crippen molar-refractivity contribution < 1.29 is 28.6 Å². The maximum absolute atomic E-state index is 7.23. The summed E-state index contributed by atoms with van der Waals surface area (Å²) in [7, 11) is 0. The minimum atomic E-state index is -2.09. The van der Waals surface area contributed by atoms with Crippen LogP contribution in [0.2, 0.25) is 0 Å². The summed E-state index contributed by atoms with van der Waals surface area (Å²) in [5.74, 6) is 1.30. The summed E-state index contributed by atoms with van der Waals surface area (Å²) >= 11 is 0. The average molecular weight is 810 g/mol. The first kappa shape index (κ1) is 29.1. The van der Waals surface area contributed by atoms with Crippen molar-refractivity contribution in [2.45, 2.75) is 46.4 Å². The Kier molecular flexibility index (Phi) is 8.48. The van der Waals surface area contributed by atoms with Crippen molar-refractivity contribution in [2.24, 2.45) is 0 Å². The molecule has 4 heterocycles. The molecule has 0 N–H and O–H groups in total. The summed E-state index contributed by atoms with van der Waals surface area (Å²) in [5.41, 5.74) is 8.89. The molecule has 241 valence electrons. The van der Waals surface area contributed by atoms with Gasteiger partial charge in [0.1, 0.15) is 11.9 Å². The van der Waals surface area contributed by atoms with Crippen molar-refractivity contribution in [3.63, 3.8) is 0 Å². The molecule has 0 aliphatic carbocycles. The molecule has 1 radical (unpaired) electrons. The fraction of sp³-hybridized carbons (Fsp3) is 0.175. The molecule has 0 spiro atoms. The summed E-state index contributed by atoms with van der Waals surface area (Å²) in [4.78, 5) is 13.5. The van der Waals surface area contributed by atoms with Gasteiger partial charge in [-0.25, -0.2) is 4.98 Å². The summed E-state index contributed by atoms with van der Waals surface area (Å²) < 4.78 is 30.1. The van der Waals surface area contributed by atoms with Crippen LogP contribution in [0.1, 0.15) is 60.3 Å². The zero-order valence-electron chi connectivity index (χ0n) is 29.9. The second kappa shape index (κ2) is 14.0. The minimum Gasteiger partial charge on any atom is -0.501 e. The second-order valence-electron chi connectivity index (χ2n) is 11.9. The Balaban J connectivity index is 0.000000222. The van der Waals surface area contributed by atoms with E-state index >= 15 is 0 Å². The zero-order valence-corrected chi connectivity index (χ0v) is 29.3. The first-order valence-electron chi connectivity index (χ1n) is 17.1. The van der Waals surface area contributed by atoms with E-state index in [-0.39, 0.29) is 25.7 Å². The quantitative estimate of drug-likeness (QED) is 0.161. The van der Waals surface area contributed by atoms with Gasteiger partial charge in [0.25, 0.3) is 0 Å². The molecule has 4 aromatic heterocycles. The standard InChI is InChI=1S/C28H24N5O.C12H10N.Ir/c1-16(2)18-10-7-11-19(17(3)4)24(18)33-27(31-26-28(33)32-30-15-29-26)22-13-8-12-21-20-9-5-6-14-23(20)34-25(21)22;1-10-7-8-12(13-9-10)11-5-3-2-4-6-11;/h5-12,14-17H,1-4H3;2-5,7-9H,1H3;/q2*-1;/i;1D3;. The predicted octanol–water partition coefficient (Wildman–Crippen LogP) is 9.68.